The van der Waals surface area contributed by atoms with Gasteiger partial charge < -0.3 is 14.3 Å². The van der Waals surface area contributed by atoms with Gasteiger partial charge in [0.2, 0.25) is 5.82 Å². The Labute approximate surface area is 219 Å². The number of aromatic nitrogens is 7. The third-order valence-corrected chi connectivity index (χ3v) is 7.24. The van der Waals surface area contributed by atoms with Crippen LogP contribution in [0.15, 0.2) is 63.9 Å². The molecule has 2 N–H and O–H groups in total. The lowest BCUT2D eigenvalue weighted by molar-refractivity contribution is 0.0958. The average molecular weight is 557 g/mol. The normalized spacial score (nSPS) is 11.4. The average Bonchev–Trinajstić information content (AvgIpc) is 3.66. The molecular weight excluding hydrogens is 536 g/mol. The second-order valence-corrected chi connectivity index (χ2v) is 9.21. The fourth-order valence-corrected chi connectivity index (χ4v) is 5.48. The van der Waals surface area contributed by atoms with Gasteiger partial charge in [0.15, 0.2) is 5.65 Å². The Balaban J connectivity index is 1.60. The van der Waals surface area contributed by atoms with Crippen LogP contribution in [-0.4, -0.2) is 48.1 Å². The van der Waals surface area contributed by atoms with Crippen LogP contribution in [0.5, 0.6) is 0 Å². The number of aryl methyl sites for hydroxylation is 1. The number of tetrazole rings is 1. The SMILES string of the molecule is CCc1nc2ccc(C(=O)NC)nc2n1Cc1c2ccocc-2c(Br)c1-c1ccccc1-c1nn[nH]n1. The first-order valence-electron chi connectivity index (χ1n) is 11.7. The highest BCUT2D eigenvalue weighted by Crippen LogP contribution is 2.48. The maximum Gasteiger partial charge on any atom is 0.269 e. The number of rotatable bonds is 6. The van der Waals surface area contributed by atoms with E-state index in [4.69, 9.17) is 9.40 Å². The molecule has 1 amide bonds. The predicted octanol–water partition coefficient (Wildman–Crippen LogP) is 4.71. The summed E-state index contributed by atoms with van der Waals surface area (Å²) in [5.41, 5.74) is 7.54. The highest BCUT2D eigenvalue weighted by atomic mass is 79.9. The highest BCUT2D eigenvalue weighted by Gasteiger charge is 2.27. The minimum Gasteiger partial charge on any atom is -0.472 e. The molecule has 0 spiro atoms. The summed E-state index contributed by atoms with van der Waals surface area (Å²) in [5, 5.41) is 17.4. The van der Waals surface area contributed by atoms with E-state index in [-0.39, 0.29) is 5.91 Å². The molecular formula is C26H21BrN8O2. The number of pyridine rings is 1. The van der Waals surface area contributed by atoms with Gasteiger partial charge in [-0.25, -0.2) is 9.97 Å². The Morgan fingerprint density at radius 3 is 2.68 bits per heavy atom. The topological polar surface area (TPSA) is 127 Å². The molecule has 0 unspecified atom stereocenters. The summed E-state index contributed by atoms with van der Waals surface area (Å²) in [6, 6.07) is 13.4. The van der Waals surface area contributed by atoms with Crippen LogP contribution in [0.3, 0.4) is 0 Å². The van der Waals surface area contributed by atoms with Crippen molar-refractivity contribution in [1.82, 2.24) is 40.5 Å². The number of carbonyl (C=O) groups is 1. The van der Waals surface area contributed by atoms with E-state index in [1.807, 2.05) is 36.4 Å². The van der Waals surface area contributed by atoms with Crippen molar-refractivity contribution in [1.29, 1.82) is 0 Å². The van der Waals surface area contributed by atoms with E-state index < -0.39 is 0 Å². The molecule has 0 bridgehead atoms. The number of aromatic amines is 1. The first kappa shape index (κ1) is 23.0. The summed E-state index contributed by atoms with van der Waals surface area (Å²) >= 11 is 3.85. The number of hydrogen-bond acceptors (Lipinski definition) is 7. The molecule has 4 heterocycles. The van der Waals surface area contributed by atoms with Crippen molar-refractivity contribution in [3.8, 4) is 33.6 Å². The molecule has 0 saturated carbocycles. The molecule has 10 nitrogen and oxygen atoms in total. The first-order valence-corrected chi connectivity index (χ1v) is 12.5. The molecule has 184 valence electrons. The van der Waals surface area contributed by atoms with E-state index in [0.29, 0.717) is 30.1 Å². The van der Waals surface area contributed by atoms with E-state index in [0.717, 1.165) is 49.2 Å². The van der Waals surface area contributed by atoms with Crippen LogP contribution in [0.2, 0.25) is 0 Å². The van der Waals surface area contributed by atoms with Crippen LogP contribution in [0, 0.1) is 0 Å². The molecule has 1 aromatic carbocycles. The lowest BCUT2D eigenvalue weighted by Gasteiger charge is -2.13. The van der Waals surface area contributed by atoms with Crippen molar-refractivity contribution >= 4 is 33.0 Å². The zero-order valence-corrected chi connectivity index (χ0v) is 21.6. The number of halogens is 1. The molecule has 1 aliphatic carbocycles. The van der Waals surface area contributed by atoms with Crippen molar-refractivity contribution in [2.45, 2.75) is 19.9 Å². The van der Waals surface area contributed by atoms with E-state index in [2.05, 4.69) is 58.3 Å². The highest BCUT2D eigenvalue weighted by molar-refractivity contribution is 9.10. The van der Waals surface area contributed by atoms with Gasteiger partial charge >= 0.3 is 0 Å². The summed E-state index contributed by atoms with van der Waals surface area (Å²) in [6.07, 6.45) is 4.11. The smallest absolute Gasteiger partial charge is 0.269 e. The van der Waals surface area contributed by atoms with Crippen molar-refractivity contribution in [2.24, 2.45) is 0 Å². The van der Waals surface area contributed by atoms with Crippen molar-refractivity contribution in [2.75, 3.05) is 7.05 Å². The van der Waals surface area contributed by atoms with Gasteiger partial charge in [0.1, 0.15) is 17.0 Å². The molecule has 0 saturated heterocycles. The lowest BCUT2D eigenvalue weighted by Crippen LogP contribution is -2.19. The van der Waals surface area contributed by atoms with Gasteiger partial charge in [0.05, 0.1) is 19.1 Å². The molecule has 37 heavy (non-hydrogen) atoms. The Morgan fingerprint density at radius 2 is 1.92 bits per heavy atom. The van der Waals surface area contributed by atoms with Crippen LogP contribution in [-0.2, 0) is 13.0 Å². The maximum absolute atomic E-state index is 12.3. The fraction of sp³-hybridized carbons (Fsp3) is 0.154. The number of imidazole rings is 1. The van der Waals surface area contributed by atoms with Crippen LogP contribution in [0.1, 0.15) is 28.8 Å². The quantitative estimate of drug-likeness (QED) is 0.304. The van der Waals surface area contributed by atoms with E-state index in [9.17, 15) is 4.79 Å². The molecule has 0 atom stereocenters. The zero-order chi connectivity index (χ0) is 25.5. The minimum atomic E-state index is -0.245. The molecule has 6 rings (SSSR count). The number of nitrogens with one attached hydrogen (secondary N) is 2. The summed E-state index contributed by atoms with van der Waals surface area (Å²) in [7, 11) is 1.59. The molecule has 0 radical (unpaired) electrons. The third-order valence-electron chi connectivity index (χ3n) is 6.42. The first-order chi connectivity index (χ1) is 18.1. The van der Waals surface area contributed by atoms with Gasteiger partial charge in [-0.05, 0) is 56.0 Å². The second-order valence-electron chi connectivity index (χ2n) is 8.42. The summed E-state index contributed by atoms with van der Waals surface area (Å²) in [6.45, 7) is 2.54. The van der Waals surface area contributed by atoms with E-state index in [1.54, 1.807) is 25.6 Å². The zero-order valence-electron chi connectivity index (χ0n) is 20.0. The number of benzene rings is 1. The van der Waals surface area contributed by atoms with E-state index >= 15 is 0 Å². The number of H-pyrrole nitrogens is 1. The molecule has 3 aromatic heterocycles. The van der Waals surface area contributed by atoms with Crippen molar-refractivity contribution in [3.05, 3.63) is 76.5 Å². The summed E-state index contributed by atoms with van der Waals surface area (Å²) < 4.78 is 8.52. The number of carbonyl (C=O) groups excluding carboxylic acids is 1. The van der Waals surface area contributed by atoms with Crippen molar-refractivity contribution < 1.29 is 9.21 Å². The Kier molecular flexibility index (Phi) is 5.76. The molecule has 11 heteroatoms. The number of fused-ring (bicyclic) bond motifs is 2. The van der Waals surface area contributed by atoms with Gasteiger partial charge in [0, 0.05) is 34.6 Å². The number of hydrogen-bond donors (Lipinski definition) is 2. The Hall–Kier alpha value is -4.38. The predicted molar refractivity (Wildman–Crippen MR) is 141 cm³/mol. The van der Waals surface area contributed by atoms with Gasteiger partial charge in [-0.15, -0.1) is 10.2 Å². The summed E-state index contributed by atoms with van der Waals surface area (Å²) in [5.74, 6) is 1.13. The standard InChI is InChI=1S/C26H21BrN8O2/c1-3-21-29-19-8-9-20(26(36)28-2)30-25(19)35(21)12-17-14-10-11-37-13-18(14)23(27)22(17)15-6-4-5-7-16(15)24-31-33-34-32-24/h4-11,13H,3,12H2,1-2H3,(H,28,36)(H,31,32,33,34). The molecule has 1 aliphatic heterocycles. The Bertz CT molecular complexity index is 1720. The van der Waals surface area contributed by atoms with Crippen LogP contribution in [0.4, 0.5) is 0 Å². The largest absolute Gasteiger partial charge is 0.472 e. The lowest BCUT2D eigenvalue weighted by atomic mass is 9.97. The van der Waals surface area contributed by atoms with Gasteiger partial charge in [0.25, 0.3) is 5.91 Å². The van der Waals surface area contributed by atoms with Crippen molar-refractivity contribution in [3.63, 3.8) is 0 Å². The summed E-state index contributed by atoms with van der Waals surface area (Å²) in [4.78, 5) is 21.8. The van der Waals surface area contributed by atoms with Gasteiger partial charge in [-0.1, -0.05) is 31.2 Å². The van der Waals surface area contributed by atoms with Gasteiger partial charge in [-0.2, -0.15) is 5.21 Å². The Morgan fingerprint density at radius 1 is 1.08 bits per heavy atom. The van der Waals surface area contributed by atoms with Crippen LogP contribution >= 0.6 is 15.9 Å². The molecule has 2 aliphatic rings. The minimum absolute atomic E-state index is 0.245. The monoisotopic (exact) mass is 556 g/mol. The number of amides is 1. The maximum atomic E-state index is 12.3. The fourth-order valence-electron chi connectivity index (χ4n) is 4.72. The molecule has 4 aromatic rings. The van der Waals surface area contributed by atoms with Crippen LogP contribution < -0.4 is 5.32 Å². The van der Waals surface area contributed by atoms with E-state index in [1.165, 1.54) is 0 Å². The second kappa shape index (κ2) is 9.25. The molecule has 0 fully saturated rings. The third kappa shape index (κ3) is 3.78. The number of nitrogens with zero attached hydrogens (tertiary/aromatic N) is 6. The van der Waals surface area contributed by atoms with Crippen LogP contribution in [0.25, 0.3) is 44.8 Å². The van der Waals surface area contributed by atoms with Gasteiger partial charge in [-0.3, -0.25) is 4.79 Å².